The SMILES string of the molecule is COc1ccc([C@@H]2C[C@@H]3CCCCN3C2)cc1.COc1ccc([C@H]2C[C@@H]3CCCCN3C2)cc1. The summed E-state index contributed by atoms with van der Waals surface area (Å²) in [4.78, 5) is 5.39. The molecule has 4 heterocycles. The number of rotatable bonds is 4. The van der Waals surface area contributed by atoms with E-state index in [1.165, 1.54) is 88.7 Å². The summed E-state index contributed by atoms with van der Waals surface area (Å²) in [7, 11) is 3.45. The zero-order valence-electron chi connectivity index (χ0n) is 21.1. The van der Waals surface area contributed by atoms with Crippen LogP contribution >= 0.6 is 0 Å². The summed E-state index contributed by atoms with van der Waals surface area (Å²) >= 11 is 0. The van der Waals surface area contributed by atoms with Crippen LogP contribution < -0.4 is 9.47 Å². The third-order valence-corrected chi connectivity index (χ3v) is 8.70. The molecule has 2 aromatic rings. The Balaban J connectivity index is 0.000000142. The summed E-state index contributed by atoms with van der Waals surface area (Å²) in [6.45, 7) is 5.16. The molecule has 6 rings (SSSR count). The van der Waals surface area contributed by atoms with E-state index in [0.717, 1.165) is 35.4 Å². The van der Waals surface area contributed by atoms with Crippen LogP contribution in [0.3, 0.4) is 0 Å². The molecule has 4 heteroatoms. The molecule has 0 aliphatic carbocycles. The minimum Gasteiger partial charge on any atom is -0.497 e. The van der Waals surface area contributed by atoms with E-state index in [9.17, 15) is 0 Å². The van der Waals surface area contributed by atoms with E-state index in [0.29, 0.717) is 0 Å². The molecular formula is C30H42N2O2. The maximum atomic E-state index is 5.22. The number of benzene rings is 2. The van der Waals surface area contributed by atoms with E-state index in [4.69, 9.17) is 9.47 Å². The molecule has 0 amide bonds. The summed E-state index contributed by atoms with van der Waals surface area (Å²) in [5.74, 6) is 3.40. The Morgan fingerprint density at radius 3 is 1.35 bits per heavy atom. The normalized spacial score (nSPS) is 29.0. The zero-order chi connectivity index (χ0) is 23.3. The van der Waals surface area contributed by atoms with Gasteiger partial charge < -0.3 is 9.47 Å². The second-order valence-electron chi connectivity index (χ2n) is 10.7. The molecule has 4 atom stereocenters. The van der Waals surface area contributed by atoms with Gasteiger partial charge >= 0.3 is 0 Å². The van der Waals surface area contributed by atoms with Crippen LogP contribution in [0.4, 0.5) is 0 Å². The molecule has 0 saturated carbocycles. The van der Waals surface area contributed by atoms with Crippen molar-refractivity contribution in [3.05, 3.63) is 59.7 Å². The van der Waals surface area contributed by atoms with Gasteiger partial charge in [0.05, 0.1) is 14.2 Å². The molecule has 2 aromatic carbocycles. The molecule has 184 valence electrons. The summed E-state index contributed by atoms with van der Waals surface area (Å²) < 4.78 is 10.4. The number of ether oxygens (including phenoxy) is 2. The monoisotopic (exact) mass is 462 g/mol. The molecule has 0 aromatic heterocycles. The van der Waals surface area contributed by atoms with Crippen LogP contribution in [-0.4, -0.2) is 62.3 Å². The molecule has 4 fully saturated rings. The first-order chi connectivity index (χ1) is 16.7. The van der Waals surface area contributed by atoms with Crippen molar-refractivity contribution in [3.63, 3.8) is 0 Å². The van der Waals surface area contributed by atoms with E-state index in [-0.39, 0.29) is 0 Å². The highest BCUT2D eigenvalue weighted by atomic mass is 16.5. The highest BCUT2D eigenvalue weighted by molar-refractivity contribution is 5.31. The Bertz CT molecular complexity index is 794. The van der Waals surface area contributed by atoms with Gasteiger partial charge in [0.1, 0.15) is 11.5 Å². The Morgan fingerprint density at radius 1 is 0.588 bits per heavy atom. The van der Waals surface area contributed by atoms with Crippen molar-refractivity contribution in [2.75, 3.05) is 40.4 Å². The topological polar surface area (TPSA) is 24.9 Å². The van der Waals surface area contributed by atoms with E-state index in [1.54, 1.807) is 14.2 Å². The molecule has 4 aliphatic rings. The van der Waals surface area contributed by atoms with Gasteiger partial charge in [-0.3, -0.25) is 9.80 Å². The van der Waals surface area contributed by atoms with Gasteiger partial charge in [0.25, 0.3) is 0 Å². The van der Waals surface area contributed by atoms with Crippen molar-refractivity contribution in [2.45, 2.75) is 75.3 Å². The van der Waals surface area contributed by atoms with Gasteiger partial charge in [-0.1, -0.05) is 37.1 Å². The van der Waals surface area contributed by atoms with Crippen LogP contribution in [0.15, 0.2) is 48.5 Å². The lowest BCUT2D eigenvalue weighted by atomic mass is 9.94. The zero-order valence-corrected chi connectivity index (χ0v) is 21.1. The predicted molar refractivity (Wildman–Crippen MR) is 139 cm³/mol. The van der Waals surface area contributed by atoms with Gasteiger partial charge in [-0.05, 0) is 98.8 Å². The quantitative estimate of drug-likeness (QED) is 0.550. The fourth-order valence-corrected chi connectivity index (χ4v) is 6.74. The van der Waals surface area contributed by atoms with E-state index in [2.05, 4.69) is 58.3 Å². The molecule has 4 aliphatic heterocycles. The number of hydrogen-bond acceptors (Lipinski definition) is 4. The van der Waals surface area contributed by atoms with E-state index >= 15 is 0 Å². The third-order valence-electron chi connectivity index (χ3n) is 8.70. The van der Waals surface area contributed by atoms with Gasteiger partial charge in [0.2, 0.25) is 0 Å². The van der Waals surface area contributed by atoms with Crippen LogP contribution in [-0.2, 0) is 0 Å². The van der Waals surface area contributed by atoms with Crippen LogP contribution in [0.25, 0.3) is 0 Å². The number of piperidine rings is 2. The minimum atomic E-state index is 0.740. The number of nitrogens with zero attached hydrogens (tertiary/aromatic N) is 2. The van der Waals surface area contributed by atoms with Crippen molar-refractivity contribution in [3.8, 4) is 11.5 Å². The molecule has 0 bridgehead atoms. The summed E-state index contributed by atoms with van der Waals surface area (Å²) in [6.07, 6.45) is 11.2. The van der Waals surface area contributed by atoms with Crippen LogP contribution in [0.2, 0.25) is 0 Å². The molecule has 4 nitrogen and oxygen atoms in total. The van der Waals surface area contributed by atoms with Crippen molar-refractivity contribution < 1.29 is 9.47 Å². The lowest BCUT2D eigenvalue weighted by Gasteiger charge is -2.28. The van der Waals surface area contributed by atoms with Gasteiger partial charge in [0.15, 0.2) is 0 Å². The van der Waals surface area contributed by atoms with Crippen LogP contribution in [0.5, 0.6) is 11.5 Å². The van der Waals surface area contributed by atoms with Crippen molar-refractivity contribution in [2.24, 2.45) is 0 Å². The van der Waals surface area contributed by atoms with Crippen molar-refractivity contribution in [1.29, 1.82) is 0 Å². The first-order valence-electron chi connectivity index (χ1n) is 13.5. The molecule has 34 heavy (non-hydrogen) atoms. The van der Waals surface area contributed by atoms with Crippen molar-refractivity contribution >= 4 is 0 Å². The highest BCUT2D eigenvalue weighted by Crippen LogP contribution is 2.37. The van der Waals surface area contributed by atoms with Crippen molar-refractivity contribution in [1.82, 2.24) is 9.80 Å². The number of methoxy groups -OCH3 is 2. The maximum Gasteiger partial charge on any atom is 0.118 e. The fourth-order valence-electron chi connectivity index (χ4n) is 6.74. The molecule has 0 radical (unpaired) electrons. The van der Waals surface area contributed by atoms with Gasteiger partial charge in [-0.15, -0.1) is 0 Å². The fraction of sp³-hybridized carbons (Fsp3) is 0.600. The Morgan fingerprint density at radius 2 is 1.00 bits per heavy atom. The second-order valence-corrected chi connectivity index (χ2v) is 10.7. The molecule has 0 unspecified atom stereocenters. The molecule has 0 spiro atoms. The first kappa shape index (κ1) is 23.7. The van der Waals surface area contributed by atoms with Crippen LogP contribution in [0.1, 0.15) is 74.3 Å². The third kappa shape index (κ3) is 5.44. The van der Waals surface area contributed by atoms with E-state index in [1.807, 2.05) is 0 Å². The summed E-state index contributed by atoms with van der Waals surface area (Å²) in [5, 5.41) is 0. The minimum absolute atomic E-state index is 0.740. The summed E-state index contributed by atoms with van der Waals surface area (Å²) in [6, 6.07) is 19.0. The molecule has 0 N–H and O–H groups in total. The Labute approximate surface area is 206 Å². The molecular weight excluding hydrogens is 420 g/mol. The number of fused-ring (bicyclic) bond motifs is 2. The van der Waals surface area contributed by atoms with Gasteiger partial charge in [-0.2, -0.15) is 0 Å². The molecule has 4 saturated heterocycles. The average Bonchev–Trinajstić information content (AvgIpc) is 3.54. The lowest BCUT2D eigenvalue weighted by molar-refractivity contribution is 0.197. The van der Waals surface area contributed by atoms with Crippen LogP contribution in [0, 0.1) is 0 Å². The van der Waals surface area contributed by atoms with Gasteiger partial charge in [-0.25, -0.2) is 0 Å². The summed E-state index contributed by atoms with van der Waals surface area (Å²) in [5.41, 5.74) is 2.97. The predicted octanol–water partition coefficient (Wildman–Crippen LogP) is 6.07. The Hall–Kier alpha value is -2.04. The van der Waals surface area contributed by atoms with Gasteiger partial charge in [0, 0.05) is 25.2 Å². The van der Waals surface area contributed by atoms with E-state index < -0.39 is 0 Å². The maximum absolute atomic E-state index is 5.22. The standard InChI is InChI=1S/2C15H21NO/c2*1-17-15-7-5-12(6-8-15)13-10-14-4-2-3-9-16(14)11-13/h2*5-8,13-14H,2-4,9-11H2,1H3/t13-,14+;13-,14-/m10/s1. The average molecular weight is 463 g/mol. The largest absolute Gasteiger partial charge is 0.497 e. The number of hydrogen-bond donors (Lipinski definition) is 0. The second kappa shape index (κ2) is 11.1. The highest BCUT2D eigenvalue weighted by Gasteiger charge is 2.35. The Kier molecular flexibility index (Phi) is 7.76. The first-order valence-corrected chi connectivity index (χ1v) is 13.5. The smallest absolute Gasteiger partial charge is 0.118 e. The lowest BCUT2D eigenvalue weighted by Crippen LogP contribution is -2.33.